The maximum absolute atomic E-state index is 9.10. The van der Waals surface area contributed by atoms with Crippen molar-refractivity contribution in [3.8, 4) is 0 Å². The zero-order valence-corrected chi connectivity index (χ0v) is 17.3. The standard InChI is InChI=1S/4C3H7.CH5O3P.2Al/c4*1-3-2;1-5(2,3)4;;/h4*3H,1-2H3;1H3,(H2,2,3,4);;/q;;;;;2*+1/p-2. The Labute approximate surface area is 133 Å². The van der Waals surface area contributed by atoms with E-state index in [4.69, 9.17) is 14.4 Å². The maximum atomic E-state index is 9.10. The molecule has 0 saturated carbocycles. The van der Waals surface area contributed by atoms with Crippen LogP contribution in [0.25, 0.3) is 0 Å². The van der Waals surface area contributed by atoms with Crippen molar-refractivity contribution in [1.29, 1.82) is 0 Å². The van der Waals surface area contributed by atoms with Gasteiger partial charge in [0, 0.05) is 0 Å². The van der Waals surface area contributed by atoms with Crippen LogP contribution in [0.5, 0.6) is 0 Å². The molecule has 0 radical (unpaired) electrons. The van der Waals surface area contributed by atoms with E-state index < -0.39 is 7.60 Å². The fourth-order valence-electron chi connectivity index (χ4n) is 1.54. The van der Waals surface area contributed by atoms with E-state index in [9.17, 15) is 0 Å². The van der Waals surface area contributed by atoms with Crippen molar-refractivity contribution in [3.63, 3.8) is 0 Å². The first-order valence-electron chi connectivity index (χ1n) is 6.95. The molecule has 0 spiro atoms. The molecular weight excluding hydrogens is 289 g/mol. The van der Waals surface area contributed by atoms with E-state index in [0.29, 0.717) is 37.1 Å². The van der Waals surface area contributed by atoms with Crippen LogP contribution in [0.1, 0.15) is 55.4 Å². The van der Waals surface area contributed by atoms with E-state index in [2.05, 4.69) is 55.4 Å². The summed E-state index contributed by atoms with van der Waals surface area (Å²) < 4.78 is 12.9. The number of rotatable bonds is 4. The fourth-order valence-corrected chi connectivity index (χ4v) is 4.62. The molecule has 112 valence electrons. The Hall–Kier alpha value is 1.21. The van der Waals surface area contributed by atoms with Gasteiger partial charge in [-0.25, -0.2) is 0 Å². The molecule has 0 unspecified atom stereocenters. The first kappa shape index (κ1) is 25.2. The summed E-state index contributed by atoms with van der Waals surface area (Å²) in [4.78, 5) is 18.2. The van der Waals surface area contributed by atoms with E-state index in [1.54, 1.807) is 0 Å². The number of hydrogen-bond donors (Lipinski definition) is 0. The molecule has 0 aromatic carbocycles. The minimum atomic E-state index is -4.14. The SMILES string of the molecule is CP(=O)([O-])[O-].C[CH](C)[Al+][CH](C)C.C[CH](C)[Al+][CH](C)C. The summed E-state index contributed by atoms with van der Waals surface area (Å²) in [5, 5.41) is 0. The molecule has 0 aromatic rings. The van der Waals surface area contributed by atoms with Crippen molar-refractivity contribution in [2.75, 3.05) is 6.66 Å². The Balaban J connectivity index is -0.000000206. The van der Waals surface area contributed by atoms with Crippen LogP contribution in [0.4, 0.5) is 0 Å². The van der Waals surface area contributed by atoms with Crippen LogP contribution in [0.15, 0.2) is 0 Å². The molecule has 0 heterocycles. The summed E-state index contributed by atoms with van der Waals surface area (Å²) in [6, 6.07) is 0. The molecule has 0 atom stereocenters. The first-order valence-corrected chi connectivity index (χ1v) is 11.6. The van der Waals surface area contributed by atoms with E-state index in [-0.39, 0.29) is 0 Å². The molecule has 0 rings (SSSR count). The van der Waals surface area contributed by atoms with Crippen molar-refractivity contribution < 1.29 is 14.4 Å². The molecule has 0 bridgehead atoms. The van der Waals surface area contributed by atoms with Gasteiger partial charge in [0.15, 0.2) is 0 Å². The van der Waals surface area contributed by atoms with Crippen molar-refractivity contribution in [1.82, 2.24) is 0 Å². The molecular formula is C13H31Al2O3P. The van der Waals surface area contributed by atoms with Crippen LogP contribution in [0.3, 0.4) is 0 Å². The Kier molecular flexibility index (Phi) is 18.8. The van der Waals surface area contributed by atoms with Gasteiger partial charge in [-0.3, -0.25) is 0 Å². The van der Waals surface area contributed by atoms with Gasteiger partial charge in [0.2, 0.25) is 0 Å². The Morgan fingerprint density at radius 2 is 0.789 bits per heavy atom. The fraction of sp³-hybridized carbons (Fsp3) is 1.00. The van der Waals surface area contributed by atoms with Gasteiger partial charge in [-0.1, -0.05) is 7.60 Å². The van der Waals surface area contributed by atoms with E-state index >= 15 is 0 Å². The third-order valence-corrected chi connectivity index (χ3v) is 4.62. The quantitative estimate of drug-likeness (QED) is 0.590. The van der Waals surface area contributed by atoms with Gasteiger partial charge in [-0.2, -0.15) is 0 Å². The predicted octanol–water partition coefficient (Wildman–Crippen LogP) is 3.22. The second kappa shape index (κ2) is 14.2. The van der Waals surface area contributed by atoms with Crippen molar-refractivity contribution in [2.24, 2.45) is 0 Å². The van der Waals surface area contributed by atoms with E-state index in [1.807, 2.05) is 0 Å². The molecule has 0 fully saturated rings. The molecule has 3 nitrogen and oxygen atoms in total. The molecule has 0 amide bonds. The normalized spacial score (nSPS) is 10.5. The van der Waals surface area contributed by atoms with Crippen LogP contribution in [-0.2, 0) is 4.57 Å². The summed E-state index contributed by atoms with van der Waals surface area (Å²) in [6.45, 7) is 19.0. The van der Waals surface area contributed by atoms with E-state index in [1.165, 1.54) is 0 Å². The van der Waals surface area contributed by atoms with Gasteiger partial charge in [0.05, 0.1) is 0 Å². The van der Waals surface area contributed by atoms with E-state index in [0.717, 1.165) is 19.1 Å². The predicted molar refractivity (Wildman–Crippen MR) is 85.4 cm³/mol. The van der Waals surface area contributed by atoms with Crippen LogP contribution in [0.2, 0.25) is 19.1 Å². The molecule has 0 N–H and O–H groups in total. The summed E-state index contributed by atoms with van der Waals surface area (Å²) in [5.41, 5.74) is 0. The second-order valence-corrected chi connectivity index (χ2v) is 13.8. The van der Waals surface area contributed by atoms with Crippen molar-refractivity contribution in [2.45, 2.75) is 74.5 Å². The minimum absolute atomic E-state index is 0.632. The van der Waals surface area contributed by atoms with Crippen molar-refractivity contribution in [3.05, 3.63) is 0 Å². The van der Waals surface area contributed by atoms with Crippen molar-refractivity contribution >= 4 is 38.0 Å². The van der Waals surface area contributed by atoms with Gasteiger partial charge < -0.3 is 14.4 Å². The summed E-state index contributed by atoms with van der Waals surface area (Å²) >= 11 is 1.43. The Morgan fingerprint density at radius 1 is 0.684 bits per heavy atom. The number of hydrogen-bond acceptors (Lipinski definition) is 3. The molecule has 19 heavy (non-hydrogen) atoms. The zero-order chi connectivity index (χ0) is 16.2. The Bertz CT molecular complexity index is 192. The third-order valence-electron chi connectivity index (χ3n) is 1.54. The van der Waals surface area contributed by atoms with Crippen LogP contribution < -0.4 is 9.79 Å². The van der Waals surface area contributed by atoms with Gasteiger partial charge >= 0.3 is 105 Å². The summed E-state index contributed by atoms with van der Waals surface area (Å²) in [5.74, 6) is 0. The van der Waals surface area contributed by atoms with Crippen LogP contribution >= 0.6 is 7.60 Å². The molecule has 0 saturated heterocycles. The molecule has 0 aliphatic rings. The molecule has 0 aliphatic carbocycles. The molecule has 6 heteroatoms. The van der Waals surface area contributed by atoms with Gasteiger partial charge in [-0.15, -0.1) is 0 Å². The van der Waals surface area contributed by atoms with Gasteiger partial charge in [-0.05, 0) is 6.66 Å². The monoisotopic (exact) mass is 320 g/mol. The first-order chi connectivity index (χ1) is 8.25. The third kappa shape index (κ3) is 67.1. The summed E-state index contributed by atoms with van der Waals surface area (Å²) in [7, 11) is -4.14. The van der Waals surface area contributed by atoms with Gasteiger partial charge in [0.1, 0.15) is 0 Å². The molecule has 0 aromatic heterocycles. The second-order valence-electron chi connectivity index (χ2n) is 6.13. The van der Waals surface area contributed by atoms with Crippen LogP contribution in [0, 0.1) is 0 Å². The zero-order valence-electron chi connectivity index (χ0n) is 14.1. The summed E-state index contributed by atoms with van der Waals surface area (Å²) in [6.07, 6.45) is 0. The van der Waals surface area contributed by atoms with Gasteiger partial charge in [0.25, 0.3) is 0 Å². The van der Waals surface area contributed by atoms with Crippen LogP contribution in [-0.4, -0.2) is 37.1 Å². The molecule has 0 aliphatic heterocycles. The Morgan fingerprint density at radius 3 is 0.789 bits per heavy atom. The average molecular weight is 320 g/mol. The average Bonchev–Trinajstić information content (AvgIpc) is 1.93. The topological polar surface area (TPSA) is 63.2 Å².